The Morgan fingerprint density at radius 2 is 1.95 bits per heavy atom. The number of hydrogen-bond acceptors (Lipinski definition) is 3. The summed E-state index contributed by atoms with van der Waals surface area (Å²) in [7, 11) is 0. The third kappa shape index (κ3) is 8.53. The van der Waals surface area contributed by atoms with Crippen LogP contribution in [0.1, 0.15) is 47.0 Å². The summed E-state index contributed by atoms with van der Waals surface area (Å²) in [4.78, 5) is 7.12. The van der Waals surface area contributed by atoms with Crippen LogP contribution >= 0.6 is 24.0 Å². The third-order valence-corrected chi connectivity index (χ3v) is 4.05. The molecule has 1 unspecified atom stereocenters. The minimum Gasteiger partial charge on any atom is -0.373 e. The smallest absolute Gasteiger partial charge is 0.191 e. The molecule has 22 heavy (non-hydrogen) atoms. The van der Waals surface area contributed by atoms with Gasteiger partial charge in [0.25, 0.3) is 0 Å². The Morgan fingerprint density at radius 3 is 2.50 bits per heavy atom. The summed E-state index contributed by atoms with van der Waals surface area (Å²) in [6.07, 6.45) is 3.40. The minimum absolute atomic E-state index is 0. The number of nitrogens with zero attached hydrogens (tertiary/aromatic N) is 2. The van der Waals surface area contributed by atoms with Crippen molar-refractivity contribution >= 4 is 29.9 Å². The summed E-state index contributed by atoms with van der Waals surface area (Å²) in [5.41, 5.74) is -0.0659. The van der Waals surface area contributed by atoms with Gasteiger partial charge in [0, 0.05) is 19.7 Å². The first-order chi connectivity index (χ1) is 10.1. The fourth-order valence-corrected chi connectivity index (χ4v) is 2.60. The van der Waals surface area contributed by atoms with Gasteiger partial charge < -0.3 is 20.3 Å². The molecule has 1 saturated heterocycles. The number of aliphatic imine (C=N–C) groups is 1. The van der Waals surface area contributed by atoms with Crippen LogP contribution in [0.4, 0.5) is 0 Å². The fourth-order valence-electron chi connectivity index (χ4n) is 2.60. The maximum Gasteiger partial charge on any atom is 0.191 e. The molecule has 5 nitrogen and oxygen atoms in total. The van der Waals surface area contributed by atoms with E-state index in [0.717, 1.165) is 71.1 Å². The molecule has 0 aromatic heterocycles. The quantitative estimate of drug-likeness (QED) is 0.258. The van der Waals surface area contributed by atoms with Crippen molar-refractivity contribution in [2.45, 2.75) is 52.6 Å². The van der Waals surface area contributed by atoms with E-state index >= 15 is 0 Å². The van der Waals surface area contributed by atoms with Crippen LogP contribution in [0, 0.1) is 0 Å². The molecule has 0 spiro atoms. The molecule has 0 saturated carbocycles. The highest BCUT2D eigenvalue weighted by Crippen LogP contribution is 2.24. The molecule has 0 amide bonds. The number of rotatable bonds is 9. The second kappa shape index (κ2) is 12.4. The van der Waals surface area contributed by atoms with Crippen LogP contribution in [0.3, 0.4) is 0 Å². The van der Waals surface area contributed by atoms with Gasteiger partial charge in [-0.25, -0.2) is 0 Å². The molecule has 0 aliphatic carbocycles. The maximum absolute atomic E-state index is 5.79. The van der Waals surface area contributed by atoms with Crippen LogP contribution in [-0.4, -0.2) is 62.3 Å². The average Bonchev–Trinajstić information content (AvgIpc) is 2.92. The van der Waals surface area contributed by atoms with E-state index < -0.39 is 0 Å². The normalized spacial score (nSPS) is 21.8. The molecule has 1 rings (SSSR count). The zero-order valence-electron chi connectivity index (χ0n) is 14.8. The highest BCUT2D eigenvalue weighted by atomic mass is 127. The van der Waals surface area contributed by atoms with Gasteiger partial charge in [-0.2, -0.15) is 0 Å². The fraction of sp³-hybridized carbons (Fsp3) is 0.938. The predicted octanol–water partition coefficient (Wildman–Crippen LogP) is 2.46. The summed E-state index contributed by atoms with van der Waals surface area (Å²) in [5, 5.41) is 6.73. The molecule has 6 heteroatoms. The van der Waals surface area contributed by atoms with Crippen LogP contribution in [-0.2, 0) is 4.74 Å². The predicted molar refractivity (Wildman–Crippen MR) is 105 cm³/mol. The number of halogens is 1. The SMILES string of the molecule is CCNC(=NCC1(C)CCCO1)NCCCN(CC)CC.I. The van der Waals surface area contributed by atoms with E-state index in [0.29, 0.717) is 0 Å². The summed E-state index contributed by atoms with van der Waals surface area (Å²) in [5.74, 6) is 0.911. The Balaban J connectivity index is 0.00000441. The van der Waals surface area contributed by atoms with Crippen LogP contribution in [0.25, 0.3) is 0 Å². The largest absolute Gasteiger partial charge is 0.373 e. The van der Waals surface area contributed by atoms with E-state index in [2.05, 4.69) is 48.2 Å². The lowest BCUT2D eigenvalue weighted by Gasteiger charge is -2.22. The monoisotopic (exact) mass is 426 g/mol. The van der Waals surface area contributed by atoms with E-state index in [1.807, 2.05) is 0 Å². The lowest BCUT2D eigenvalue weighted by Crippen LogP contribution is -2.40. The molecule has 1 aliphatic heterocycles. The molecular formula is C16H35IN4O. The van der Waals surface area contributed by atoms with E-state index in [1.54, 1.807) is 0 Å². The van der Waals surface area contributed by atoms with Crippen LogP contribution in [0.5, 0.6) is 0 Å². The van der Waals surface area contributed by atoms with E-state index in [-0.39, 0.29) is 29.6 Å². The molecule has 132 valence electrons. The number of ether oxygens (including phenoxy) is 1. The maximum atomic E-state index is 5.79. The Labute approximate surface area is 153 Å². The summed E-state index contributed by atoms with van der Waals surface area (Å²) in [6.45, 7) is 15.5. The standard InChI is InChI=1S/C16H34N4O.HI/c1-5-17-15(18-11-9-12-20(6-2)7-3)19-14-16(4)10-8-13-21-16;/h5-14H2,1-4H3,(H2,17,18,19);1H. The zero-order valence-corrected chi connectivity index (χ0v) is 17.1. The second-order valence-electron chi connectivity index (χ2n) is 5.90. The van der Waals surface area contributed by atoms with E-state index in [4.69, 9.17) is 4.74 Å². The van der Waals surface area contributed by atoms with Gasteiger partial charge in [0.15, 0.2) is 5.96 Å². The van der Waals surface area contributed by atoms with E-state index in [1.165, 1.54) is 0 Å². The first-order valence-electron chi connectivity index (χ1n) is 8.52. The van der Waals surface area contributed by atoms with Crippen molar-refractivity contribution in [2.75, 3.05) is 45.9 Å². The Bertz CT molecular complexity index is 303. The first kappa shape index (κ1) is 21.9. The second-order valence-corrected chi connectivity index (χ2v) is 5.90. The molecule has 1 heterocycles. The molecule has 1 atom stereocenters. The first-order valence-corrected chi connectivity index (χ1v) is 8.52. The van der Waals surface area contributed by atoms with E-state index in [9.17, 15) is 0 Å². The minimum atomic E-state index is -0.0659. The van der Waals surface area contributed by atoms with Gasteiger partial charge in [-0.1, -0.05) is 13.8 Å². The molecule has 1 fully saturated rings. The van der Waals surface area contributed by atoms with Gasteiger partial charge in [0.2, 0.25) is 0 Å². The van der Waals surface area contributed by atoms with Crippen molar-refractivity contribution < 1.29 is 4.74 Å². The Kier molecular flexibility index (Phi) is 12.3. The van der Waals surface area contributed by atoms with Crippen molar-refractivity contribution in [3.63, 3.8) is 0 Å². The van der Waals surface area contributed by atoms with Gasteiger partial charge in [0.1, 0.15) is 0 Å². The van der Waals surface area contributed by atoms with Crippen molar-refractivity contribution in [3.05, 3.63) is 0 Å². The number of guanidine groups is 1. The zero-order chi connectivity index (χ0) is 15.6. The van der Waals surface area contributed by atoms with Crippen LogP contribution in [0.15, 0.2) is 4.99 Å². The van der Waals surface area contributed by atoms with Gasteiger partial charge in [-0.3, -0.25) is 4.99 Å². The van der Waals surface area contributed by atoms with Gasteiger partial charge in [-0.15, -0.1) is 24.0 Å². The molecule has 0 bridgehead atoms. The van der Waals surface area contributed by atoms with Crippen molar-refractivity contribution in [3.8, 4) is 0 Å². The van der Waals surface area contributed by atoms with Gasteiger partial charge >= 0.3 is 0 Å². The number of nitrogens with one attached hydrogen (secondary N) is 2. The molecule has 1 aliphatic rings. The van der Waals surface area contributed by atoms with Crippen molar-refractivity contribution in [2.24, 2.45) is 4.99 Å². The van der Waals surface area contributed by atoms with Crippen molar-refractivity contribution in [1.29, 1.82) is 0 Å². The Morgan fingerprint density at radius 1 is 1.23 bits per heavy atom. The summed E-state index contributed by atoms with van der Waals surface area (Å²) >= 11 is 0. The molecule has 0 radical (unpaired) electrons. The highest BCUT2D eigenvalue weighted by Gasteiger charge is 2.29. The Hall–Kier alpha value is -0.0800. The average molecular weight is 426 g/mol. The van der Waals surface area contributed by atoms with Gasteiger partial charge in [-0.05, 0) is 52.7 Å². The summed E-state index contributed by atoms with van der Waals surface area (Å²) in [6, 6.07) is 0. The van der Waals surface area contributed by atoms with Crippen molar-refractivity contribution in [1.82, 2.24) is 15.5 Å². The molecule has 0 aromatic carbocycles. The highest BCUT2D eigenvalue weighted by molar-refractivity contribution is 14.0. The number of hydrogen-bond donors (Lipinski definition) is 2. The summed E-state index contributed by atoms with van der Waals surface area (Å²) < 4.78 is 5.79. The third-order valence-electron chi connectivity index (χ3n) is 4.05. The lowest BCUT2D eigenvalue weighted by molar-refractivity contribution is 0.0283. The van der Waals surface area contributed by atoms with Crippen LogP contribution in [0.2, 0.25) is 0 Å². The topological polar surface area (TPSA) is 48.9 Å². The molecular weight excluding hydrogens is 391 g/mol. The molecule has 2 N–H and O–H groups in total. The van der Waals surface area contributed by atoms with Gasteiger partial charge in [0.05, 0.1) is 12.1 Å². The van der Waals surface area contributed by atoms with Crippen LogP contribution < -0.4 is 10.6 Å². The molecule has 0 aromatic rings. The lowest BCUT2D eigenvalue weighted by atomic mass is 10.0.